The third-order valence-corrected chi connectivity index (χ3v) is 4.93. The number of carboxylic acid groups (broad SMARTS) is 2. The summed E-state index contributed by atoms with van der Waals surface area (Å²) in [7, 11) is 0. The number of nitrogens with zero attached hydrogens (tertiary/aromatic N) is 1. The summed E-state index contributed by atoms with van der Waals surface area (Å²) in [5, 5.41) is 25.3. The van der Waals surface area contributed by atoms with Gasteiger partial charge in [0.2, 0.25) is 17.7 Å². The Morgan fingerprint density at radius 2 is 1.48 bits per heavy atom. The number of carbonyl (C=O) groups is 5. The smallest absolute Gasteiger partial charge is 0.326 e. The van der Waals surface area contributed by atoms with E-state index in [1.165, 1.54) is 11.8 Å². The third kappa shape index (κ3) is 13.8. The van der Waals surface area contributed by atoms with Gasteiger partial charge < -0.3 is 43.4 Å². The largest absolute Gasteiger partial charge is 0.481 e. The van der Waals surface area contributed by atoms with Crippen molar-refractivity contribution in [3.8, 4) is 0 Å². The minimum absolute atomic E-state index is 0.119. The first-order valence-corrected chi connectivity index (χ1v) is 11.5. The fraction of sp³-hybridized carbons (Fsp3) is 0.667. The molecule has 0 fully saturated rings. The van der Waals surface area contributed by atoms with Gasteiger partial charge in [0.15, 0.2) is 5.96 Å². The summed E-state index contributed by atoms with van der Waals surface area (Å²) in [6.07, 6.45) is 1.69. The van der Waals surface area contributed by atoms with Crippen LogP contribution in [0.5, 0.6) is 0 Å². The summed E-state index contributed by atoms with van der Waals surface area (Å²) in [5.74, 6) is -4.28. The van der Waals surface area contributed by atoms with Crippen LogP contribution in [0.3, 0.4) is 0 Å². The van der Waals surface area contributed by atoms with Crippen molar-refractivity contribution in [3.05, 3.63) is 0 Å². The van der Waals surface area contributed by atoms with Gasteiger partial charge in [0, 0.05) is 13.0 Å². The normalized spacial score (nSPS) is 13.2. The molecule has 15 heteroatoms. The quantitative estimate of drug-likeness (QED) is 0.0584. The molecule has 3 unspecified atom stereocenters. The highest BCUT2D eigenvalue weighted by molar-refractivity contribution is 7.98. The Morgan fingerprint density at radius 3 is 1.97 bits per heavy atom. The van der Waals surface area contributed by atoms with Gasteiger partial charge >= 0.3 is 11.9 Å². The number of carbonyl (C=O) groups excluding carboxylic acids is 3. The molecule has 0 aromatic heterocycles. The molecule has 0 bridgehead atoms. The first-order chi connectivity index (χ1) is 15.5. The van der Waals surface area contributed by atoms with Gasteiger partial charge in [-0.15, -0.1) is 0 Å². The monoisotopic (exact) mass is 491 g/mol. The van der Waals surface area contributed by atoms with Crippen LogP contribution in [0.25, 0.3) is 0 Å². The summed E-state index contributed by atoms with van der Waals surface area (Å²) >= 11 is 1.41. The molecule has 188 valence electrons. The minimum Gasteiger partial charge on any atom is -0.481 e. The molecule has 0 heterocycles. The second-order valence-corrected chi connectivity index (χ2v) is 7.93. The lowest BCUT2D eigenvalue weighted by Crippen LogP contribution is -2.56. The molecule has 0 rings (SSSR count). The van der Waals surface area contributed by atoms with Gasteiger partial charge in [-0.05, 0) is 37.7 Å². The summed E-state index contributed by atoms with van der Waals surface area (Å²) in [5.41, 5.74) is 15.8. The SMILES string of the molecule is CSCCC(NC(=O)C(CCCN=C(N)N)NC(=O)CN)C(=O)NC(CCC(=O)O)C(=O)O. The molecule has 3 amide bonds. The van der Waals surface area contributed by atoms with Crippen LogP contribution in [0.4, 0.5) is 0 Å². The van der Waals surface area contributed by atoms with E-state index >= 15 is 0 Å². The molecule has 0 aliphatic rings. The van der Waals surface area contributed by atoms with Crippen LogP contribution in [-0.2, 0) is 24.0 Å². The topological polar surface area (TPSA) is 252 Å². The van der Waals surface area contributed by atoms with E-state index in [0.29, 0.717) is 12.2 Å². The number of nitrogens with one attached hydrogen (secondary N) is 3. The van der Waals surface area contributed by atoms with E-state index in [1.54, 1.807) is 6.26 Å². The number of guanidine groups is 1. The van der Waals surface area contributed by atoms with Crippen molar-refractivity contribution in [3.63, 3.8) is 0 Å². The molecule has 3 atom stereocenters. The molecule has 0 aromatic carbocycles. The number of thioether (sulfide) groups is 1. The maximum absolute atomic E-state index is 12.8. The molecule has 0 spiro atoms. The highest BCUT2D eigenvalue weighted by Crippen LogP contribution is 2.06. The van der Waals surface area contributed by atoms with E-state index < -0.39 is 54.2 Å². The second kappa shape index (κ2) is 16.5. The fourth-order valence-corrected chi connectivity index (χ4v) is 3.07. The van der Waals surface area contributed by atoms with Crippen LogP contribution in [-0.4, -0.2) is 89.1 Å². The molecular weight excluding hydrogens is 458 g/mol. The number of hydrogen-bond donors (Lipinski definition) is 8. The van der Waals surface area contributed by atoms with Crippen LogP contribution in [0.15, 0.2) is 4.99 Å². The molecule has 0 radical (unpaired) electrons. The summed E-state index contributed by atoms with van der Waals surface area (Å²) in [6, 6.07) is -3.57. The van der Waals surface area contributed by atoms with Crippen LogP contribution >= 0.6 is 11.8 Å². The Morgan fingerprint density at radius 1 is 0.909 bits per heavy atom. The molecule has 14 nitrogen and oxygen atoms in total. The van der Waals surface area contributed by atoms with Gasteiger partial charge in [0.25, 0.3) is 0 Å². The zero-order chi connectivity index (χ0) is 25.4. The van der Waals surface area contributed by atoms with E-state index in [9.17, 15) is 29.1 Å². The molecular formula is C18H33N7O7S. The highest BCUT2D eigenvalue weighted by atomic mass is 32.2. The number of rotatable bonds is 17. The predicted octanol–water partition coefficient (Wildman–Crippen LogP) is -2.84. The van der Waals surface area contributed by atoms with E-state index in [-0.39, 0.29) is 38.3 Å². The van der Waals surface area contributed by atoms with Crippen LogP contribution in [0, 0.1) is 0 Å². The molecule has 0 saturated carbocycles. The molecule has 0 aliphatic heterocycles. The summed E-state index contributed by atoms with van der Waals surface area (Å²) in [4.78, 5) is 63.1. The Labute approximate surface area is 195 Å². The second-order valence-electron chi connectivity index (χ2n) is 6.95. The fourth-order valence-electron chi connectivity index (χ4n) is 2.60. The number of carboxylic acids is 2. The van der Waals surface area contributed by atoms with E-state index in [1.807, 2.05) is 0 Å². The van der Waals surface area contributed by atoms with Crippen LogP contribution < -0.4 is 33.2 Å². The van der Waals surface area contributed by atoms with Crippen molar-refractivity contribution >= 4 is 47.4 Å². The summed E-state index contributed by atoms with van der Waals surface area (Å²) < 4.78 is 0. The molecule has 0 aliphatic carbocycles. The maximum Gasteiger partial charge on any atom is 0.326 e. The number of aliphatic imine (C=N–C) groups is 1. The zero-order valence-corrected chi connectivity index (χ0v) is 19.2. The number of amides is 3. The number of hydrogen-bond acceptors (Lipinski definition) is 8. The van der Waals surface area contributed by atoms with Gasteiger partial charge in [0.1, 0.15) is 18.1 Å². The highest BCUT2D eigenvalue weighted by Gasteiger charge is 2.29. The first-order valence-electron chi connectivity index (χ1n) is 10.1. The summed E-state index contributed by atoms with van der Waals surface area (Å²) in [6.45, 7) is -0.136. The van der Waals surface area contributed by atoms with Gasteiger partial charge in [-0.25, -0.2) is 4.79 Å². The van der Waals surface area contributed by atoms with Crippen molar-refractivity contribution in [1.82, 2.24) is 16.0 Å². The lowest BCUT2D eigenvalue weighted by molar-refractivity contribution is -0.143. The average Bonchev–Trinajstić information content (AvgIpc) is 2.74. The number of aliphatic carboxylic acids is 2. The number of nitrogens with two attached hydrogens (primary N) is 3. The zero-order valence-electron chi connectivity index (χ0n) is 18.4. The maximum atomic E-state index is 12.8. The van der Waals surface area contributed by atoms with Gasteiger partial charge in [-0.3, -0.25) is 24.2 Å². The lowest BCUT2D eigenvalue weighted by Gasteiger charge is -2.24. The predicted molar refractivity (Wildman–Crippen MR) is 122 cm³/mol. The van der Waals surface area contributed by atoms with E-state index in [4.69, 9.17) is 22.3 Å². The van der Waals surface area contributed by atoms with E-state index in [0.717, 1.165) is 0 Å². The standard InChI is InChI=1S/C18H33N7O7S/c1-33-8-6-11(16(30)25-12(17(31)32)4-5-14(27)28)24-15(29)10(23-13(26)9-19)3-2-7-22-18(20)21/h10-12H,2-9,19H2,1H3,(H,23,26)(H,24,29)(H,25,30)(H,27,28)(H,31,32)(H4,20,21,22). The van der Waals surface area contributed by atoms with Crippen LogP contribution in [0.1, 0.15) is 32.1 Å². The Bertz CT molecular complexity index is 716. The van der Waals surface area contributed by atoms with Crippen molar-refractivity contribution in [1.29, 1.82) is 0 Å². The minimum atomic E-state index is -1.44. The average molecular weight is 492 g/mol. The Kier molecular flexibility index (Phi) is 15.0. The van der Waals surface area contributed by atoms with Crippen molar-refractivity contribution in [2.24, 2.45) is 22.2 Å². The van der Waals surface area contributed by atoms with Crippen molar-refractivity contribution in [2.75, 3.05) is 25.1 Å². The van der Waals surface area contributed by atoms with Crippen LogP contribution in [0.2, 0.25) is 0 Å². The van der Waals surface area contributed by atoms with E-state index in [2.05, 4.69) is 20.9 Å². The molecule has 33 heavy (non-hydrogen) atoms. The Balaban J connectivity index is 5.34. The van der Waals surface area contributed by atoms with Gasteiger partial charge in [0.05, 0.1) is 6.54 Å². The van der Waals surface area contributed by atoms with Crippen molar-refractivity contribution < 1.29 is 34.2 Å². The molecule has 0 saturated heterocycles. The molecule has 0 aromatic rings. The van der Waals surface area contributed by atoms with Gasteiger partial charge in [-0.2, -0.15) is 11.8 Å². The third-order valence-electron chi connectivity index (χ3n) is 4.29. The van der Waals surface area contributed by atoms with Crippen molar-refractivity contribution in [2.45, 2.75) is 50.2 Å². The Hall–Kier alpha value is -3.07. The van der Waals surface area contributed by atoms with Gasteiger partial charge in [-0.1, -0.05) is 0 Å². The lowest BCUT2D eigenvalue weighted by atomic mass is 10.1. The molecule has 11 N–H and O–H groups in total. The first kappa shape index (κ1) is 29.9.